The maximum atomic E-state index is 12.2. The van der Waals surface area contributed by atoms with Crippen LogP contribution >= 0.6 is 0 Å². The molecule has 3 rings (SSSR count). The summed E-state index contributed by atoms with van der Waals surface area (Å²) in [5, 5.41) is 5.13. The van der Waals surface area contributed by atoms with Gasteiger partial charge in [0.15, 0.2) is 0 Å². The molecule has 3 N–H and O–H groups in total. The second-order valence-corrected chi connectivity index (χ2v) is 10.2. The Kier molecular flexibility index (Phi) is 8.94. The van der Waals surface area contributed by atoms with Crippen LogP contribution in [-0.4, -0.2) is 45.5 Å². The largest absolute Gasteiger partial charge is 0.380 e. The normalized spacial score (nSPS) is 13.9. The molecule has 1 aliphatic heterocycles. The first-order chi connectivity index (χ1) is 15.0. The van der Waals surface area contributed by atoms with Gasteiger partial charge in [0, 0.05) is 15.5 Å². The third kappa shape index (κ3) is 8.78. The molecule has 2 amide bonds. The number of sulfonamides is 1. The summed E-state index contributed by atoms with van der Waals surface area (Å²) in [6.07, 6.45) is 0. The van der Waals surface area contributed by atoms with Crippen LogP contribution in [0.15, 0.2) is 59.5 Å². The first-order valence-corrected chi connectivity index (χ1v) is 11.8. The molecule has 2 aromatic carbocycles. The zero-order chi connectivity index (χ0) is 23.8. The van der Waals surface area contributed by atoms with Gasteiger partial charge in [0.25, 0.3) is 0 Å². The summed E-state index contributed by atoms with van der Waals surface area (Å²) in [4.78, 5) is 23.5. The molecule has 1 aliphatic rings. The SMILES string of the molecule is CC(C)(C)NS(=O)(=O)c1ccc(NC(=O)CNC(=O)C2COC2)cc1.Cc1ccccc1.[HH].[HH].[HH]. The molecule has 1 fully saturated rings. The highest BCUT2D eigenvalue weighted by molar-refractivity contribution is 7.89. The second-order valence-electron chi connectivity index (χ2n) is 8.53. The molecule has 8 nitrogen and oxygen atoms in total. The molecule has 0 aromatic heterocycles. The zero-order valence-electron chi connectivity index (χ0n) is 18.8. The monoisotopic (exact) mass is 467 g/mol. The van der Waals surface area contributed by atoms with Crippen molar-refractivity contribution in [2.45, 2.75) is 38.1 Å². The van der Waals surface area contributed by atoms with Gasteiger partial charge >= 0.3 is 0 Å². The molecule has 0 spiro atoms. The highest BCUT2D eigenvalue weighted by Crippen LogP contribution is 2.16. The van der Waals surface area contributed by atoms with E-state index in [9.17, 15) is 18.0 Å². The molecule has 0 aliphatic carbocycles. The van der Waals surface area contributed by atoms with Crippen molar-refractivity contribution in [2.75, 3.05) is 25.1 Å². The van der Waals surface area contributed by atoms with Crippen molar-refractivity contribution in [2.24, 2.45) is 5.92 Å². The molecule has 9 heteroatoms. The van der Waals surface area contributed by atoms with Crippen LogP contribution in [0, 0.1) is 12.8 Å². The lowest BCUT2D eigenvalue weighted by Crippen LogP contribution is -2.44. The minimum atomic E-state index is -3.62. The third-order valence-corrected chi connectivity index (χ3v) is 6.04. The number of aryl methyl sites for hydroxylation is 1. The molecule has 1 saturated heterocycles. The Balaban J connectivity index is 0. The van der Waals surface area contributed by atoms with Gasteiger partial charge in [-0.05, 0) is 52.0 Å². The van der Waals surface area contributed by atoms with Crippen LogP contribution < -0.4 is 15.4 Å². The summed E-state index contributed by atoms with van der Waals surface area (Å²) in [6, 6.07) is 16.1. The van der Waals surface area contributed by atoms with Crippen LogP contribution in [0.4, 0.5) is 5.69 Å². The number of rotatable bonds is 6. The Labute approximate surface area is 194 Å². The number of ether oxygens (including phenoxy) is 1. The molecule has 2 aromatic rings. The van der Waals surface area contributed by atoms with Gasteiger partial charge < -0.3 is 15.4 Å². The van der Waals surface area contributed by atoms with Crippen LogP contribution in [0.1, 0.15) is 30.6 Å². The Morgan fingerprint density at radius 2 is 1.62 bits per heavy atom. The number of carbonyl (C=O) groups excluding carboxylic acids is 2. The number of carbonyl (C=O) groups is 2. The molecule has 32 heavy (non-hydrogen) atoms. The topological polar surface area (TPSA) is 114 Å². The van der Waals surface area contributed by atoms with Gasteiger partial charge in [-0.15, -0.1) is 0 Å². The van der Waals surface area contributed by atoms with Crippen LogP contribution in [0.3, 0.4) is 0 Å². The zero-order valence-corrected chi connectivity index (χ0v) is 19.7. The Morgan fingerprint density at radius 1 is 1.03 bits per heavy atom. The van der Waals surface area contributed by atoms with Gasteiger partial charge in [-0.2, -0.15) is 0 Å². The molecule has 0 bridgehead atoms. The van der Waals surface area contributed by atoms with Gasteiger partial charge in [-0.3, -0.25) is 9.59 Å². The number of hydrogen-bond acceptors (Lipinski definition) is 5. The van der Waals surface area contributed by atoms with Crippen molar-refractivity contribution in [3.63, 3.8) is 0 Å². The van der Waals surface area contributed by atoms with Crippen LogP contribution in [-0.2, 0) is 24.3 Å². The first kappa shape index (κ1) is 25.5. The van der Waals surface area contributed by atoms with E-state index in [4.69, 9.17) is 4.74 Å². The Morgan fingerprint density at radius 3 is 2.06 bits per heavy atom. The summed E-state index contributed by atoms with van der Waals surface area (Å²) in [5.74, 6) is -0.791. The fourth-order valence-electron chi connectivity index (χ4n) is 2.62. The Bertz CT molecular complexity index is 1010. The van der Waals surface area contributed by atoms with E-state index in [-0.39, 0.29) is 27.5 Å². The highest BCUT2D eigenvalue weighted by Gasteiger charge is 2.26. The lowest BCUT2D eigenvalue weighted by molar-refractivity contribution is -0.139. The van der Waals surface area contributed by atoms with E-state index in [1.54, 1.807) is 20.8 Å². The second kappa shape index (κ2) is 11.2. The third-order valence-electron chi connectivity index (χ3n) is 4.26. The van der Waals surface area contributed by atoms with Crippen LogP contribution in [0.25, 0.3) is 0 Å². The predicted octanol–water partition coefficient (Wildman–Crippen LogP) is 3.20. The summed E-state index contributed by atoms with van der Waals surface area (Å²) < 4.78 is 31.9. The van der Waals surface area contributed by atoms with Gasteiger partial charge in [0.05, 0.1) is 30.6 Å². The fourth-order valence-corrected chi connectivity index (χ4v) is 4.04. The minimum Gasteiger partial charge on any atom is -0.380 e. The molecule has 0 radical (unpaired) electrons. The quantitative estimate of drug-likeness (QED) is 0.604. The van der Waals surface area contributed by atoms with Gasteiger partial charge in [-0.1, -0.05) is 35.9 Å². The van der Waals surface area contributed by atoms with Crippen molar-refractivity contribution in [1.82, 2.24) is 10.0 Å². The number of benzene rings is 2. The smallest absolute Gasteiger partial charge is 0.243 e. The van der Waals surface area contributed by atoms with E-state index in [1.165, 1.54) is 29.8 Å². The number of anilines is 1. The maximum Gasteiger partial charge on any atom is 0.243 e. The average Bonchev–Trinajstić information content (AvgIpc) is 2.65. The van der Waals surface area contributed by atoms with Crippen LogP contribution in [0.5, 0.6) is 0 Å². The molecule has 180 valence electrons. The maximum absolute atomic E-state index is 12.2. The average molecular weight is 468 g/mol. The first-order valence-electron chi connectivity index (χ1n) is 10.3. The summed E-state index contributed by atoms with van der Waals surface area (Å²) in [6.45, 7) is 7.95. The summed E-state index contributed by atoms with van der Waals surface area (Å²) >= 11 is 0. The van der Waals surface area contributed by atoms with Gasteiger partial charge in [-0.25, -0.2) is 13.1 Å². The molecular formula is C23H37N3O5S. The summed E-state index contributed by atoms with van der Waals surface area (Å²) in [7, 11) is -3.62. The molecule has 1 heterocycles. The van der Waals surface area contributed by atoms with E-state index >= 15 is 0 Å². The van der Waals surface area contributed by atoms with E-state index in [0.29, 0.717) is 18.9 Å². The predicted molar refractivity (Wildman–Crippen MR) is 130 cm³/mol. The van der Waals surface area contributed by atoms with Crippen molar-refractivity contribution in [3.05, 3.63) is 60.2 Å². The standard InChI is InChI=1S/C16H23N3O5S.C7H8.3H2/c1-16(2,3)19-25(22,23)13-6-4-12(5-7-13)18-14(20)8-17-15(21)11-9-24-10-11;1-7-5-3-2-4-6-7;;;/h4-7,11,19H,8-10H2,1-3H3,(H,17,21)(H,18,20);2-6H,1H3;3*1H. The van der Waals surface area contributed by atoms with Crippen LogP contribution in [0.2, 0.25) is 0 Å². The number of hydrogen-bond donors (Lipinski definition) is 3. The molecular weight excluding hydrogens is 430 g/mol. The van der Waals surface area contributed by atoms with E-state index in [2.05, 4.69) is 34.4 Å². The molecule has 0 unspecified atom stereocenters. The lowest BCUT2D eigenvalue weighted by Gasteiger charge is -2.24. The van der Waals surface area contributed by atoms with Crippen molar-refractivity contribution < 1.29 is 27.0 Å². The molecule has 0 saturated carbocycles. The fraction of sp³-hybridized carbons (Fsp3) is 0.391. The van der Waals surface area contributed by atoms with E-state index in [0.717, 1.165) is 0 Å². The molecule has 0 atom stereocenters. The van der Waals surface area contributed by atoms with E-state index in [1.807, 2.05) is 18.2 Å². The van der Waals surface area contributed by atoms with Crippen molar-refractivity contribution in [3.8, 4) is 0 Å². The lowest BCUT2D eigenvalue weighted by atomic mass is 10.1. The number of amides is 2. The van der Waals surface area contributed by atoms with Gasteiger partial charge in [0.1, 0.15) is 0 Å². The summed E-state index contributed by atoms with van der Waals surface area (Å²) in [5.41, 5.74) is 1.18. The van der Waals surface area contributed by atoms with Crippen molar-refractivity contribution in [1.29, 1.82) is 0 Å². The Hall–Kier alpha value is -2.75. The van der Waals surface area contributed by atoms with Gasteiger partial charge in [0.2, 0.25) is 21.8 Å². The number of nitrogens with one attached hydrogen (secondary N) is 3. The minimum absolute atomic E-state index is 0. The highest BCUT2D eigenvalue weighted by atomic mass is 32.2. The van der Waals surface area contributed by atoms with Crippen molar-refractivity contribution >= 4 is 27.5 Å². The van der Waals surface area contributed by atoms with E-state index < -0.39 is 21.5 Å².